The van der Waals surface area contributed by atoms with Crippen LogP contribution < -0.4 is 5.32 Å². The minimum Gasteiger partial charge on any atom is -0.401 e. The summed E-state index contributed by atoms with van der Waals surface area (Å²) in [7, 11) is 0. The van der Waals surface area contributed by atoms with Crippen molar-refractivity contribution in [3.63, 3.8) is 0 Å². The first-order valence-corrected chi connectivity index (χ1v) is 5.64. The highest BCUT2D eigenvalue weighted by Crippen LogP contribution is 2.17. The molecule has 0 fully saturated rings. The fraction of sp³-hybridized carbons (Fsp3) is 0. The fourth-order valence-corrected chi connectivity index (χ4v) is 1.45. The van der Waals surface area contributed by atoms with Gasteiger partial charge in [-0.1, -0.05) is 0 Å². The van der Waals surface area contributed by atoms with Crippen molar-refractivity contribution in [1.29, 1.82) is 0 Å². The van der Waals surface area contributed by atoms with Crippen LogP contribution in [0.15, 0.2) is 40.8 Å². The zero-order chi connectivity index (χ0) is 15.4. The van der Waals surface area contributed by atoms with Gasteiger partial charge in [-0.25, -0.2) is 8.78 Å². The van der Waals surface area contributed by atoms with Gasteiger partial charge in [-0.3, -0.25) is 14.9 Å². The molecule has 1 aromatic carbocycles. The lowest BCUT2D eigenvalue weighted by Crippen LogP contribution is -2.09. The van der Waals surface area contributed by atoms with Crippen molar-refractivity contribution in [3.8, 4) is 0 Å². The molecule has 0 bridgehead atoms. The highest BCUT2D eigenvalue weighted by atomic mass is 19.1. The number of amides is 1. The molecule has 0 atom stereocenters. The van der Waals surface area contributed by atoms with Gasteiger partial charge in [-0.2, -0.15) is 0 Å². The predicted molar refractivity (Wildman–Crippen MR) is 69.4 cm³/mol. The summed E-state index contributed by atoms with van der Waals surface area (Å²) in [6, 6.07) is 5.15. The Hall–Kier alpha value is -3.03. The van der Waals surface area contributed by atoms with Crippen LogP contribution >= 0.6 is 0 Å². The van der Waals surface area contributed by atoms with Crippen LogP contribution in [-0.4, -0.2) is 10.8 Å². The van der Waals surface area contributed by atoms with E-state index in [-0.39, 0.29) is 11.4 Å². The summed E-state index contributed by atoms with van der Waals surface area (Å²) < 4.78 is 30.8. The first kappa shape index (κ1) is 14.4. The molecule has 1 N–H and O–H groups in total. The largest absolute Gasteiger partial charge is 0.433 e. The zero-order valence-electron chi connectivity index (χ0n) is 10.4. The van der Waals surface area contributed by atoms with E-state index in [1.165, 1.54) is 12.1 Å². The van der Waals surface area contributed by atoms with Crippen LogP contribution in [0.1, 0.15) is 5.76 Å². The molecule has 0 spiro atoms. The van der Waals surface area contributed by atoms with Gasteiger partial charge in [-0.15, -0.1) is 0 Å². The minimum atomic E-state index is -0.912. The van der Waals surface area contributed by atoms with Crippen LogP contribution in [0.5, 0.6) is 0 Å². The Morgan fingerprint density at radius 3 is 2.67 bits per heavy atom. The van der Waals surface area contributed by atoms with Crippen molar-refractivity contribution in [2.45, 2.75) is 0 Å². The smallest absolute Gasteiger partial charge is 0.401 e. The van der Waals surface area contributed by atoms with Crippen LogP contribution in [0.4, 0.5) is 20.4 Å². The average Bonchev–Trinajstić information content (AvgIpc) is 2.89. The average molecular weight is 294 g/mol. The second-order valence-corrected chi connectivity index (χ2v) is 3.88. The quantitative estimate of drug-likeness (QED) is 0.533. The number of hydrogen-bond donors (Lipinski definition) is 1. The van der Waals surface area contributed by atoms with Crippen molar-refractivity contribution >= 4 is 23.6 Å². The lowest BCUT2D eigenvalue weighted by molar-refractivity contribution is -0.402. The highest BCUT2D eigenvalue weighted by Gasteiger charge is 2.10. The molecule has 108 valence electrons. The minimum absolute atomic E-state index is 0.0939. The van der Waals surface area contributed by atoms with Crippen molar-refractivity contribution in [2.75, 3.05) is 5.32 Å². The number of nitrogens with zero attached hydrogens (tertiary/aromatic N) is 1. The number of nitro groups is 1. The fourth-order valence-electron chi connectivity index (χ4n) is 1.45. The molecule has 6 nitrogen and oxygen atoms in total. The van der Waals surface area contributed by atoms with Gasteiger partial charge in [0.2, 0.25) is 5.91 Å². The Morgan fingerprint density at radius 1 is 1.29 bits per heavy atom. The molecule has 1 aromatic heterocycles. The molecule has 0 unspecified atom stereocenters. The Kier molecular flexibility index (Phi) is 4.07. The van der Waals surface area contributed by atoms with E-state index < -0.39 is 28.3 Å². The third-order valence-corrected chi connectivity index (χ3v) is 2.38. The van der Waals surface area contributed by atoms with Gasteiger partial charge in [0, 0.05) is 12.1 Å². The van der Waals surface area contributed by atoms with E-state index in [0.717, 1.165) is 24.3 Å². The summed E-state index contributed by atoms with van der Waals surface area (Å²) in [5.41, 5.74) is -0.184. The molecule has 8 heteroatoms. The number of halogens is 2. The standard InChI is InChI=1S/C13H8F2N2O4/c14-8-1-4-11(10(15)7-8)16-12(18)5-2-9-3-6-13(21-9)17(19)20/h1-7H,(H,16,18)/b5-2+. The highest BCUT2D eigenvalue weighted by molar-refractivity contribution is 6.01. The van der Waals surface area contributed by atoms with E-state index in [2.05, 4.69) is 5.32 Å². The number of nitrogens with one attached hydrogen (secondary N) is 1. The molecular formula is C13H8F2N2O4. The molecule has 2 aromatic rings. The SMILES string of the molecule is O=C(/C=C/c1ccc([N+](=O)[O-])o1)Nc1ccc(F)cc1F. The number of hydrogen-bond acceptors (Lipinski definition) is 4. The van der Waals surface area contributed by atoms with E-state index in [9.17, 15) is 23.7 Å². The van der Waals surface area contributed by atoms with E-state index in [1.807, 2.05) is 0 Å². The number of benzene rings is 1. The van der Waals surface area contributed by atoms with Gasteiger partial charge < -0.3 is 9.73 Å². The first-order valence-electron chi connectivity index (χ1n) is 5.64. The Balaban J connectivity index is 2.03. The predicted octanol–water partition coefficient (Wildman–Crippen LogP) is 3.12. The Labute approximate surface area is 116 Å². The van der Waals surface area contributed by atoms with Gasteiger partial charge in [-0.05, 0) is 24.3 Å². The van der Waals surface area contributed by atoms with Gasteiger partial charge in [0.25, 0.3) is 0 Å². The summed E-state index contributed by atoms with van der Waals surface area (Å²) >= 11 is 0. The van der Waals surface area contributed by atoms with Gasteiger partial charge >= 0.3 is 5.88 Å². The maximum absolute atomic E-state index is 13.3. The van der Waals surface area contributed by atoms with Gasteiger partial charge in [0.05, 0.1) is 11.8 Å². The second-order valence-electron chi connectivity index (χ2n) is 3.88. The molecule has 0 radical (unpaired) electrons. The summed E-state index contributed by atoms with van der Waals surface area (Å²) in [4.78, 5) is 21.2. The molecular weight excluding hydrogens is 286 g/mol. The number of rotatable bonds is 4. The van der Waals surface area contributed by atoms with Crippen LogP contribution in [0.25, 0.3) is 6.08 Å². The number of anilines is 1. The summed E-state index contributed by atoms with van der Waals surface area (Å²) in [5.74, 6) is -2.73. The molecule has 0 aliphatic heterocycles. The van der Waals surface area contributed by atoms with Crippen LogP contribution in [0.3, 0.4) is 0 Å². The monoisotopic (exact) mass is 294 g/mol. The zero-order valence-corrected chi connectivity index (χ0v) is 10.4. The second kappa shape index (κ2) is 5.95. The molecule has 1 amide bonds. The number of furan rings is 1. The number of carbonyl (C=O) groups excluding carboxylic acids is 1. The van der Waals surface area contributed by atoms with E-state index in [0.29, 0.717) is 6.07 Å². The normalized spacial score (nSPS) is 10.8. The van der Waals surface area contributed by atoms with E-state index in [4.69, 9.17) is 4.42 Å². The van der Waals surface area contributed by atoms with Crippen molar-refractivity contribution in [1.82, 2.24) is 0 Å². The van der Waals surface area contributed by atoms with Crippen molar-refractivity contribution in [3.05, 3.63) is 63.9 Å². The third kappa shape index (κ3) is 3.72. The topological polar surface area (TPSA) is 85.4 Å². The summed E-state index contributed by atoms with van der Waals surface area (Å²) in [5, 5.41) is 12.6. The molecule has 1 heterocycles. The van der Waals surface area contributed by atoms with Crippen molar-refractivity contribution in [2.24, 2.45) is 0 Å². The Bertz CT molecular complexity index is 725. The van der Waals surface area contributed by atoms with Crippen LogP contribution in [0.2, 0.25) is 0 Å². The van der Waals surface area contributed by atoms with E-state index >= 15 is 0 Å². The molecule has 21 heavy (non-hydrogen) atoms. The maximum atomic E-state index is 13.3. The molecule has 0 saturated carbocycles. The lowest BCUT2D eigenvalue weighted by atomic mass is 10.3. The molecule has 2 rings (SSSR count). The van der Waals surface area contributed by atoms with Crippen LogP contribution in [-0.2, 0) is 4.79 Å². The van der Waals surface area contributed by atoms with E-state index in [1.54, 1.807) is 0 Å². The third-order valence-electron chi connectivity index (χ3n) is 2.38. The Morgan fingerprint density at radius 2 is 2.05 bits per heavy atom. The number of carbonyl (C=O) groups is 1. The van der Waals surface area contributed by atoms with Crippen molar-refractivity contribution < 1.29 is 22.9 Å². The van der Waals surface area contributed by atoms with Crippen LogP contribution in [0, 0.1) is 21.7 Å². The van der Waals surface area contributed by atoms with Gasteiger partial charge in [0.15, 0.2) is 0 Å². The molecule has 0 aliphatic rings. The van der Waals surface area contributed by atoms with Gasteiger partial charge in [0.1, 0.15) is 22.3 Å². The molecule has 0 aliphatic carbocycles. The lowest BCUT2D eigenvalue weighted by Gasteiger charge is -2.03. The maximum Gasteiger partial charge on any atom is 0.433 e. The summed E-state index contributed by atoms with van der Waals surface area (Å²) in [6.07, 6.45) is 2.19. The summed E-state index contributed by atoms with van der Waals surface area (Å²) in [6.45, 7) is 0. The first-order chi connectivity index (χ1) is 9.95. The molecule has 0 saturated heterocycles.